The van der Waals surface area contributed by atoms with Crippen molar-refractivity contribution < 1.29 is 18.7 Å². The van der Waals surface area contributed by atoms with Crippen molar-refractivity contribution in [1.29, 1.82) is 0 Å². The molecule has 0 amide bonds. The van der Waals surface area contributed by atoms with E-state index in [1.165, 1.54) is 19.2 Å². The van der Waals surface area contributed by atoms with Gasteiger partial charge in [-0.25, -0.2) is 4.39 Å². The summed E-state index contributed by atoms with van der Waals surface area (Å²) in [6.07, 6.45) is -0.246. The highest BCUT2D eigenvalue weighted by molar-refractivity contribution is 9.10. The monoisotopic (exact) mass is 328 g/mol. The Labute approximate surface area is 119 Å². The normalized spacial score (nSPS) is 12.5. The van der Waals surface area contributed by atoms with E-state index in [0.29, 0.717) is 11.3 Å². The van der Waals surface area contributed by atoms with E-state index in [2.05, 4.69) is 15.9 Å². The predicted octanol–water partition coefficient (Wildman–Crippen LogP) is 3.83. The topological polar surface area (TPSA) is 42.6 Å². The van der Waals surface area contributed by atoms with Crippen molar-refractivity contribution in [3.63, 3.8) is 0 Å². The summed E-state index contributed by atoms with van der Waals surface area (Å²) in [5.41, 5.74) is 0.452. The number of rotatable bonds is 4. The number of ether oxygens (including phenoxy) is 1. The average Bonchev–Trinajstić information content (AvgIpc) is 2.89. The maximum Gasteiger partial charge on any atom is 0.141 e. The third-order valence-electron chi connectivity index (χ3n) is 2.87. The highest BCUT2D eigenvalue weighted by Crippen LogP contribution is 2.34. The first-order valence-corrected chi connectivity index (χ1v) is 6.65. The molecule has 0 fully saturated rings. The second kappa shape index (κ2) is 5.75. The number of aliphatic hydroxyl groups excluding tert-OH is 1. The molecule has 0 spiro atoms. The van der Waals surface area contributed by atoms with Gasteiger partial charge in [-0.1, -0.05) is 6.92 Å². The Balaban J connectivity index is 2.42. The highest BCUT2D eigenvalue weighted by atomic mass is 79.9. The first kappa shape index (κ1) is 14.1. The molecule has 0 aliphatic carbocycles. The van der Waals surface area contributed by atoms with Crippen LogP contribution in [0.5, 0.6) is 5.75 Å². The Kier molecular flexibility index (Phi) is 4.27. The number of hydrogen-bond acceptors (Lipinski definition) is 3. The Morgan fingerprint density at radius 3 is 2.74 bits per heavy atom. The van der Waals surface area contributed by atoms with E-state index in [4.69, 9.17) is 9.15 Å². The fourth-order valence-corrected chi connectivity index (χ4v) is 2.18. The average molecular weight is 329 g/mol. The molecular formula is C14H14BrFO3. The van der Waals surface area contributed by atoms with E-state index in [0.717, 1.165) is 12.2 Å². The van der Waals surface area contributed by atoms with Gasteiger partial charge in [-0.05, 0) is 34.1 Å². The highest BCUT2D eigenvalue weighted by Gasteiger charge is 2.20. The van der Waals surface area contributed by atoms with Gasteiger partial charge in [0.15, 0.2) is 0 Å². The maximum atomic E-state index is 13.4. The zero-order valence-electron chi connectivity index (χ0n) is 10.6. The van der Waals surface area contributed by atoms with Gasteiger partial charge in [0, 0.05) is 18.1 Å². The lowest BCUT2D eigenvalue weighted by Gasteiger charge is -2.14. The number of hydrogen-bond donors (Lipinski definition) is 1. The lowest BCUT2D eigenvalue weighted by Crippen LogP contribution is -2.02. The number of aliphatic hydroxyl groups is 1. The molecule has 2 aromatic rings. The molecule has 1 atom stereocenters. The van der Waals surface area contributed by atoms with Crippen molar-refractivity contribution in [3.8, 4) is 5.75 Å². The smallest absolute Gasteiger partial charge is 0.141 e. The summed E-state index contributed by atoms with van der Waals surface area (Å²) in [5.74, 6) is 1.03. The largest absolute Gasteiger partial charge is 0.496 e. The second-order valence-electron chi connectivity index (χ2n) is 4.07. The minimum absolute atomic E-state index is 0.268. The van der Waals surface area contributed by atoms with Crippen LogP contribution in [0.3, 0.4) is 0 Å². The summed E-state index contributed by atoms with van der Waals surface area (Å²) in [6, 6.07) is 6.24. The van der Waals surface area contributed by atoms with E-state index < -0.39 is 11.9 Å². The van der Waals surface area contributed by atoms with Crippen LogP contribution >= 0.6 is 15.9 Å². The van der Waals surface area contributed by atoms with E-state index in [9.17, 15) is 9.50 Å². The lowest BCUT2D eigenvalue weighted by molar-refractivity contribution is 0.182. The molecule has 1 N–H and O–H groups in total. The Morgan fingerprint density at radius 2 is 2.16 bits per heavy atom. The van der Waals surface area contributed by atoms with Gasteiger partial charge in [-0.2, -0.15) is 0 Å². The molecule has 2 rings (SSSR count). The number of methoxy groups -OCH3 is 1. The second-order valence-corrected chi connectivity index (χ2v) is 4.92. The number of furan rings is 1. The summed E-state index contributed by atoms with van der Waals surface area (Å²) in [5, 5.41) is 10.3. The van der Waals surface area contributed by atoms with Gasteiger partial charge in [0.05, 0.1) is 11.6 Å². The SMILES string of the molecule is CCc1ccc(C(O)c2cc(Br)c(F)cc2OC)o1. The first-order chi connectivity index (χ1) is 9.06. The molecular weight excluding hydrogens is 315 g/mol. The Hall–Kier alpha value is -1.33. The van der Waals surface area contributed by atoms with Crippen molar-refractivity contribution in [2.75, 3.05) is 7.11 Å². The molecule has 3 nitrogen and oxygen atoms in total. The van der Waals surface area contributed by atoms with Gasteiger partial charge in [0.25, 0.3) is 0 Å². The standard InChI is InChI=1S/C14H14BrFO3/c1-3-8-4-5-12(19-8)14(17)9-6-10(15)11(16)7-13(9)18-2/h4-7,14,17H,3H2,1-2H3. The van der Waals surface area contributed by atoms with Gasteiger partial charge in [-0.15, -0.1) is 0 Å². The van der Waals surface area contributed by atoms with Gasteiger partial charge in [0.1, 0.15) is 29.2 Å². The van der Waals surface area contributed by atoms with Crippen LogP contribution in [0.2, 0.25) is 0 Å². The van der Waals surface area contributed by atoms with E-state index in [-0.39, 0.29) is 10.2 Å². The van der Waals surface area contributed by atoms with Crippen LogP contribution < -0.4 is 4.74 Å². The molecule has 1 aromatic carbocycles. The molecule has 1 aromatic heterocycles. The van der Waals surface area contributed by atoms with Crippen LogP contribution in [0.4, 0.5) is 4.39 Å². The molecule has 0 bridgehead atoms. The van der Waals surface area contributed by atoms with Gasteiger partial charge in [-0.3, -0.25) is 0 Å². The molecule has 0 radical (unpaired) electrons. The first-order valence-electron chi connectivity index (χ1n) is 5.86. The molecule has 1 heterocycles. The maximum absolute atomic E-state index is 13.4. The molecule has 102 valence electrons. The molecule has 0 saturated carbocycles. The Morgan fingerprint density at radius 1 is 1.42 bits per heavy atom. The van der Waals surface area contributed by atoms with Gasteiger partial charge >= 0.3 is 0 Å². The summed E-state index contributed by atoms with van der Waals surface area (Å²) < 4.78 is 24.3. The Bertz CT molecular complexity index is 580. The molecule has 0 aliphatic rings. The van der Waals surface area contributed by atoms with Crippen LogP contribution in [-0.4, -0.2) is 12.2 Å². The molecule has 1 unspecified atom stereocenters. The quantitative estimate of drug-likeness (QED) is 0.927. The minimum Gasteiger partial charge on any atom is -0.496 e. The summed E-state index contributed by atoms with van der Waals surface area (Å²) >= 11 is 3.10. The molecule has 0 aliphatic heterocycles. The number of halogens is 2. The van der Waals surface area contributed by atoms with E-state index >= 15 is 0 Å². The van der Waals surface area contributed by atoms with E-state index in [1.807, 2.05) is 13.0 Å². The predicted molar refractivity (Wildman–Crippen MR) is 72.8 cm³/mol. The van der Waals surface area contributed by atoms with Crippen molar-refractivity contribution in [2.24, 2.45) is 0 Å². The van der Waals surface area contributed by atoms with Crippen molar-refractivity contribution in [1.82, 2.24) is 0 Å². The van der Waals surface area contributed by atoms with Crippen LogP contribution in [0.1, 0.15) is 30.1 Å². The molecule has 0 saturated heterocycles. The van der Waals surface area contributed by atoms with E-state index in [1.54, 1.807) is 6.07 Å². The van der Waals surface area contributed by atoms with Crippen LogP contribution in [0.15, 0.2) is 33.2 Å². The van der Waals surface area contributed by atoms with Crippen molar-refractivity contribution in [2.45, 2.75) is 19.4 Å². The third-order valence-corrected chi connectivity index (χ3v) is 3.48. The number of aryl methyl sites for hydroxylation is 1. The third kappa shape index (κ3) is 2.82. The van der Waals surface area contributed by atoms with Gasteiger partial charge in [0.2, 0.25) is 0 Å². The molecule has 5 heteroatoms. The summed E-state index contributed by atoms with van der Waals surface area (Å²) in [4.78, 5) is 0. The summed E-state index contributed by atoms with van der Waals surface area (Å²) in [7, 11) is 1.43. The molecule has 19 heavy (non-hydrogen) atoms. The van der Waals surface area contributed by atoms with Crippen molar-refractivity contribution in [3.05, 3.63) is 51.6 Å². The van der Waals surface area contributed by atoms with Crippen LogP contribution in [0.25, 0.3) is 0 Å². The lowest BCUT2D eigenvalue weighted by atomic mass is 10.1. The summed E-state index contributed by atoms with van der Waals surface area (Å²) in [6.45, 7) is 1.96. The zero-order chi connectivity index (χ0) is 14.0. The fraction of sp³-hybridized carbons (Fsp3) is 0.286. The van der Waals surface area contributed by atoms with Crippen LogP contribution in [0, 0.1) is 5.82 Å². The zero-order valence-corrected chi connectivity index (χ0v) is 12.2. The van der Waals surface area contributed by atoms with Gasteiger partial charge < -0.3 is 14.3 Å². The number of benzene rings is 1. The van der Waals surface area contributed by atoms with Crippen LogP contribution in [-0.2, 0) is 6.42 Å². The minimum atomic E-state index is -0.993. The van der Waals surface area contributed by atoms with Crippen molar-refractivity contribution >= 4 is 15.9 Å². The fourth-order valence-electron chi connectivity index (χ4n) is 1.82.